The predicted molar refractivity (Wildman–Crippen MR) is 110 cm³/mol. The normalized spacial score (nSPS) is 21.1. The molecule has 1 unspecified atom stereocenters. The Morgan fingerprint density at radius 1 is 1.14 bits per heavy atom. The number of likely N-dealkylation sites (tertiary alicyclic amines) is 1. The standard InChI is InChI=1S/C21H32FN5O/c1-23-21(26-18-10-13-27(15-18)19-4-2-3-5-19)25-12-11-24-20(28)14-16-6-8-17(22)9-7-16/h6-9,18-19H,2-5,10-15H2,1H3,(H,24,28)(H2,23,25,26). The molecule has 154 valence electrons. The van der Waals surface area contributed by atoms with Gasteiger partial charge in [0.25, 0.3) is 0 Å². The third-order valence-corrected chi connectivity index (χ3v) is 5.64. The van der Waals surface area contributed by atoms with Crippen LogP contribution in [0.15, 0.2) is 29.3 Å². The molecule has 1 aliphatic carbocycles. The molecule has 1 aliphatic heterocycles. The van der Waals surface area contributed by atoms with Crippen LogP contribution in [0.4, 0.5) is 4.39 Å². The first-order valence-corrected chi connectivity index (χ1v) is 10.4. The van der Waals surface area contributed by atoms with Crippen molar-refractivity contribution in [2.45, 2.75) is 50.6 Å². The van der Waals surface area contributed by atoms with Crippen molar-refractivity contribution in [3.8, 4) is 0 Å². The van der Waals surface area contributed by atoms with Crippen LogP contribution in [0.5, 0.6) is 0 Å². The SMILES string of the molecule is CN=C(NCCNC(=O)Cc1ccc(F)cc1)NC1CCN(C2CCCC2)C1. The van der Waals surface area contributed by atoms with Crippen molar-refractivity contribution in [3.63, 3.8) is 0 Å². The molecule has 0 spiro atoms. The summed E-state index contributed by atoms with van der Waals surface area (Å²) < 4.78 is 12.9. The molecule has 0 bridgehead atoms. The van der Waals surface area contributed by atoms with Crippen LogP contribution in [0.3, 0.4) is 0 Å². The zero-order valence-electron chi connectivity index (χ0n) is 16.7. The van der Waals surface area contributed by atoms with Gasteiger partial charge < -0.3 is 16.0 Å². The number of carbonyl (C=O) groups excluding carboxylic acids is 1. The lowest BCUT2D eigenvalue weighted by Gasteiger charge is -2.24. The number of guanidine groups is 1. The van der Waals surface area contributed by atoms with Gasteiger partial charge in [-0.25, -0.2) is 4.39 Å². The van der Waals surface area contributed by atoms with Gasteiger partial charge in [0.05, 0.1) is 6.42 Å². The summed E-state index contributed by atoms with van der Waals surface area (Å²) in [4.78, 5) is 18.9. The maximum absolute atomic E-state index is 12.9. The van der Waals surface area contributed by atoms with E-state index in [0.29, 0.717) is 19.1 Å². The van der Waals surface area contributed by atoms with Crippen LogP contribution in [-0.2, 0) is 11.2 Å². The molecule has 1 atom stereocenters. The summed E-state index contributed by atoms with van der Waals surface area (Å²) in [5, 5.41) is 9.64. The molecule has 3 N–H and O–H groups in total. The molecule has 1 aromatic carbocycles. The smallest absolute Gasteiger partial charge is 0.224 e. The number of nitrogens with zero attached hydrogens (tertiary/aromatic N) is 2. The zero-order chi connectivity index (χ0) is 19.8. The summed E-state index contributed by atoms with van der Waals surface area (Å²) in [6.07, 6.45) is 6.83. The molecule has 28 heavy (non-hydrogen) atoms. The molecule has 3 rings (SSSR count). The van der Waals surface area contributed by atoms with Crippen LogP contribution in [0, 0.1) is 5.82 Å². The minimum absolute atomic E-state index is 0.0700. The van der Waals surface area contributed by atoms with Crippen LogP contribution < -0.4 is 16.0 Å². The molecule has 1 aromatic rings. The quantitative estimate of drug-likeness (QED) is 0.377. The molecular weight excluding hydrogens is 357 g/mol. The fraction of sp³-hybridized carbons (Fsp3) is 0.619. The van der Waals surface area contributed by atoms with Crippen LogP contribution in [0.1, 0.15) is 37.7 Å². The second-order valence-corrected chi connectivity index (χ2v) is 7.72. The summed E-state index contributed by atoms with van der Waals surface area (Å²) in [5.74, 6) is 0.422. The molecule has 1 heterocycles. The number of nitrogens with one attached hydrogen (secondary N) is 3. The van der Waals surface area contributed by atoms with E-state index in [1.807, 2.05) is 0 Å². The largest absolute Gasteiger partial charge is 0.355 e. The lowest BCUT2D eigenvalue weighted by molar-refractivity contribution is -0.120. The van der Waals surface area contributed by atoms with E-state index in [2.05, 4.69) is 25.8 Å². The Hall–Kier alpha value is -2.15. The average Bonchev–Trinajstić information content (AvgIpc) is 3.37. The van der Waals surface area contributed by atoms with Crippen molar-refractivity contribution in [1.29, 1.82) is 0 Å². The monoisotopic (exact) mass is 389 g/mol. The molecule has 1 amide bonds. The third kappa shape index (κ3) is 6.19. The van der Waals surface area contributed by atoms with Crippen molar-refractivity contribution in [2.75, 3.05) is 33.2 Å². The van der Waals surface area contributed by atoms with E-state index in [4.69, 9.17) is 0 Å². The summed E-state index contributed by atoms with van der Waals surface area (Å²) in [6.45, 7) is 3.37. The number of rotatable bonds is 7. The Labute approximate surface area is 167 Å². The number of halogens is 1. The topological polar surface area (TPSA) is 68.8 Å². The summed E-state index contributed by atoms with van der Waals surface area (Å²) in [5.41, 5.74) is 0.803. The van der Waals surface area contributed by atoms with Crippen LogP contribution in [0.25, 0.3) is 0 Å². The van der Waals surface area contributed by atoms with E-state index in [0.717, 1.165) is 30.5 Å². The van der Waals surface area contributed by atoms with E-state index in [9.17, 15) is 9.18 Å². The van der Waals surface area contributed by atoms with Gasteiger partial charge >= 0.3 is 0 Å². The van der Waals surface area contributed by atoms with Crippen LogP contribution >= 0.6 is 0 Å². The fourth-order valence-corrected chi connectivity index (χ4v) is 4.13. The highest BCUT2D eigenvalue weighted by Crippen LogP contribution is 2.26. The number of carbonyl (C=O) groups is 1. The van der Waals surface area contributed by atoms with Gasteiger partial charge in [-0.15, -0.1) is 0 Å². The molecule has 2 fully saturated rings. The van der Waals surface area contributed by atoms with Gasteiger partial charge in [-0.3, -0.25) is 14.7 Å². The van der Waals surface area contributed by atoms with E-state index in [1.54, 1.807) is 19.2 Å². The molecule has 0 aromatic heterocycles. The average molecular weight is 390 g/mol. The highest BCUT2D eigenvalue weighted by Gasteiger charge is 2.30. The predicted octanol–water partition coefficient (Wildman–Crippen LogP) is 1.67. The zero-order valence-corrected chi connectivity index (χ0v) is 16.7. The highest BCUT2D eigenvalue weighted by atomic mass is 19.1. The van der Waals surface area contributed by atoms with Gasteiger partial charge in [0.15, 0.2) is 5.96 Å². The van der Waals surface area contributed by atoms with Crippen molar-refractivity contribution in [2.24, 2.45) is 4.99 Å². The Balaban J connectivity index is 1.31. The van der Waals surface area contributed by atoms with Crippen molar-refractivity contribution in [1.82, 2.24) is 20.9 Å². The van der Waals surface area contributed by atoms with Crippen LogP contribution in [0.2, 0.25) is 0 Å². The Bertz CT molecular complexity index is 657. The number of benzene rings is 1. The lowest BCUT2D eigenvalue weighted by atomic mass is 10.1. The van der Waals surface area contributed by atoms with Gasteiger partial charge in [0, 0.05) is 45.3 Å². The second kappa shape index (κ2) is 10.4. The van der Waals surface area contributed by atoms with Gasteiger partial charge in [-0.1, -0.05) is 25.0 Å². The Morgan fingerprint density at radius 2 is 1.86 bits per heavy atom. The van der Waals surface area contributed by atoms with Crippen molar-refractivity contribution >= 4 is 11.9 Å². The molecule has 1 saturated heterocycles. The third-order valence-electron chi connectivity index (χ3n) is 5.64. The summed E-state index contributed by atoms with van der Waals surface area (Å²) >= 11 is 0. The first-order chi connectivity index (χ1) is 13.6. The van der Waals surface area contributed by atoms with Crippen molar-refractivity contribution in [3.05, 3.63) is 35.6 Å². The minimum atomic E-state index is -0.291. The molecule has 6 nitrogen and oxygen atoms in total. The fourth-order valence-electron chi connectivity index (χ4n) is 4.13. The first kappa shape index (κ1) is 20.6. The summed E-state index contributed by atoms with van der Waals surface area (Å²) in [6, 6.07) is 7.22. The molecule has 0 radical (unpaired) electrons. The van der Waals surface area contributed by atoms with Gasteiger partial charge in [-0.05, 0) is 37.0 Å². The number of hydrogen-bond acceptors (Lipinski definition) is 3. The van der Waals surface area contributed by atoms with E-state index in [1.165, 1.54) is 44.4 Å². The molecule has 7 heteroatoms. The number of hydrogen-bond donors (Lipinski definition) is 3. The van der Waals surface area contributed by atoms with Crippen molar-refractivity contribution < 1.29 is 9.18 Å². The van der Waals surface area contributed by atoms with E-state index in [-0.39, 0.29) is 18.1 Å². The molecule has 2 aliphatic rings. The van der Waals surface area contributed by atoms with E-state index >= 15 is 0 Å². The van der Waals surface area contributed by atoms with Gasteiger partial charge in [0.1, 0.15) is 5.82 Å². The highest BCUT2D eigenvalue weighted by molar-refractivity contribution is 5.80. The Kier molecular flexibility index (Phi) is 7.65. The first-order valence-electron chi connectivity index (χ1n) is 10.4. The Morgan fingerprint density at radius 3 is 2.57 bits per heavy atom. The molecule has 1 saturated carbocycles. The van der Waals surface area contributed by atoms with Crippen LogP contribution in [-0.4, -0.2) is 62.1 Å². The summed E-state index contributed by atoms with van der Waals surface area (Å²) in [7, 11) is 1.77. The number of amides is 1. The maximum atomic E-state index is 12.9. The molecular formula is C21H32FN5O. The van der Waals surface area contributed by atoms with Gasteiger partial charge in [-0.2, -0.15) is 0 Å². The lowest BCUT2D eigenvalue weighted by Crippen LogP contribution is -2.47. The van der Waals surface area contributed by atoms with E-state index < -0.39 is 0 Å². The minimum Gasteiger partial charge on any atom is -0.355 e. The number of aliphatic imine (C=N–C) groups is 1. The second-order valence-electron chi connectivity index (χ2n) is 7.72. The van der Waals surface area contributed by atoms with Gasteiger partial charge in [0.2, 0.25) is 5.91 Å². The maximum Gasteiger partial charge on any atom is 0.224 e.